The molecule has 0 saturated heterocycles. The fraction of sp³-hybridized carbons (Fsp3) is 1.00. The highest BCUT2D eigenvalue weighted by Gasteiger charge is 2.72. The highest BCUT2D eigenvalue weighted by Crippen LogP contribution is 2.74. The molecule has 1 heteroatoms. The predicted octanol–water partition coefficient (Wildman–Crippen LogP) is 5.38. The summed E-state index contributed by atoms with van der Waals surface area (Å²) in [6, 6.07) is 0. The van der Waals surface area contributed by atoms with Crippen LogP contribution in [0.3, 0.4) is 0 Å². The van der Waals surface area contributed by atoms with E-state index in [1.807, 2.05) is 0 Å². The van der Waals surface area contributed by atoms with Gasteiger partial charge in [0, 0.05) is 5.54 Å². The van der Waals surface area contributed by atoms with Crippen LogP contribution in [-0.4, -0.2) is 5.54 Å². The summed E-state index contributed by atoms with van der Waals surface area (Å²) in [7, 11) is 0. The van der Waals surface area contributed by atoms with Gasteiger partial charge >= 0.3 is 0 Å². The second-order valence-corrected chi connectivity index (χ2v) is 9.43. The molecule has 0 aromatic carbocycles. The van der Waals surface area contributed by atoms with Gasteiger partial charge in [0.25, 0.3) is 0 Å². The molecule has 2 rings (SSSR count). The van der Waals surface area contributed by atoms with Crippen molar-refractivity contribution in [2.24, 2.45) is 33.8 Å². The lowest BCUT2D eigenvalue weighted by Gasteiger charge is -2.61. The summed E-state index contributed by atoms with van der Waals surface area (Å²) in [4.78, 5) is 0. The second-order valence-electron chi connectivity index (χ2n) is 9.43. The molecular weight excluding hydrogens is 242 g/mol. The standard InChI is InChI=1S/C19H37N/c1-8-9-10-11-17(6)12-15-13-18(17,7)19(20,14(15)2)16(3,4)5/h14-15H,8-13,20H2,1-7H3/t14-,15?,17?,18?,19?/m1/s1. The number of unbranched alkanes of at least 4 members (excludes halogenated alkanes) is 2. The summed E-state index contributed by atoms with van der Waals surface area (Å²) in [6.07, 6.45) is 8.20. The molecule has 2 fully saturated rings. The van der Waals surface area contributed by atoms with Gasteiger partial charge in [-0.05, 0) is 47.3 Å². The van der Waals surface area contributed by atoms with Gasteiger partial charge in [0.1, 0.15) is 0 Å². The topological polar surface area (TPSA) is 26.0 Å². The zero-order valence-electron chi connectivity index (χ0n) is 15.0. The third kappa shape index (κ3) is 1.84. The zero-order chi connectivity index (χ0) is 15.4. The fourth-order valence-electron chi connectivity index (χ4n) is 6.20. The average molecular weight is 280 g/mol. The lowest BCUT2D eigenvalue weighted by molar-refractivity contribution is -0.0805. The van der Waals surface area contributed by atoms with Crippen molar-refractivity contribution < 1.29 is 0 Å². The minimum Gasteiger partial charge on any atom is -0.324 e. The van der Waals surface area contributed by atoms with Crippen LogP contribution >= 0.6 is 0 Å². The highest BCUT2D eigenvalue weighted by molar-refractivity contribution is 5.25. The van der Waals surface area contributed by atoms with Crippen molar-refractivity contribution in [3.63, 3.8) is 0 Å². The first kappa shape index (κ1) is 16.3. The van der Waals surface area contributed by atoms with Gasteiger partial charge in [-0.1, -0.05) is 67.7 Å². The van der Waals surface area contributed by atoms with Crippen LogP contribution in [0.5, 0.6) is 0 Å². The van der Waals surface area contributed by atoms with Crippen molar-refractivity contribution in [3.05, 3.63) is 0 Å². The molecule has 0 spiro atoms. The molecule has 0 heterocycles. The van der Waals surface area contributed by atoms with Crippen molar-refractivity contribution in [1.82, 2.24) is 0 Å². The van der Waals surface area contributed by atoms with Crippen LogP contribution < -0.4 is 5.73 Å². The highest BCUT2D eigenvalue weighted by atomic mass is 14.9. The van der Waals surface area contributed by atoms with E-state index in [-0.39, 0.29) is 11.0 Å². The third-order valence-corrected chi connectivity index (χ3v) is 7.63. The van der Waals surface area contributed by atoms with E-state index in [9.17, 15) is 0 Å². The molecule has 1 nitrogen and oxygen atoms in total. The summed E-state index contributed by atoms with van der Waals surface area (Å²) in [6.45, 7) is 16.9. The van der Waals surface area contributed by atoms with Gasteiger partial charge in [0.15, 0.2) is 0 Å². The third-order valence-electron chi connectivity index (χ3n) is 7.63. The molecule has 2 N–H and O–H groups in total. The summed E-state index contributed by atoms with van der Waals surface area (Å²) in [5.41, 5.74) is 8.09. The SMILES string of the molecule is CCCCCC1(C)CC2CC1(C)C(N)(C(C)(C)C)[C@@H]2C. The molecule has 2 aliphatic rings. The Bertz CT molecular complexity index is 368. The summed E-state index contributed by atoms with van der Waals surface area (Å²) < 4.78 is 0. The molecule has 2 bridgehead atoms. The van der Waals surface area contributed by atoms with Gasteiger partial charge in [0.2, 0.25) is 0 Å². The first-order chi connectivity index (χ1) is 9.03. The van der Waals surface area contributed by atoms with Crippen LogP contribution in [-0.2, 0) is 0 Å². The molecule has 0 aliphatic heterocycles. The molecule has 2 saturated carbocycles. The fourth-order valence-corrected chi connectivity index (χ4v) is 6.20. The van der Waals surface area contributed by atoms with E-state index in [4.69, 9.17) is 5.73 Å². The van der Waals surface area contributed by atoms with Crippen LogP contribution in [0.4, 0.5) is 0 Å². The van der Waals surface area contributed by atoms with Crippen molar-refractivity contribution in [2.45, 2.75) is 92.5 Å². The smallest absolute Gasteiger partial charge is 0.0291 e. The minimum atomic E-state index is -0.0239. The Balaban J connectivity index is 2.34. The minimum absolute atomic E-state index is 0.0239. The summed E-state index contributed by atoms with van der Waals surface area (Å²) >= 11 is 0. The molecule has 4 unspecified atom stereocenters. The Kier molecular flexibility index (Phi) is 3.86. The Morgan fingerprint density at radius 2 is 1.70 bits per heavy atom. The lowest BCUT2D eigenvalue weighted by Crippen LogP contribution is -2.68. The van der Waals surface area contributed by atoms with E-state index in [0.717, 1.165) is 5.92 Å². The maximum atomic E-state index is 7.18. The molecule has 0 aromatic rings. The Hall–Kier alpha value is -0.0400. The molecule has 118 valence electrons. The maximum absolute atomic E-state index is 7.18. The van der Waals surface area contributed by atoms with Gasteiger partial charge in [-0.3, -0.25) is 0 Å². The van der Waals surface area contributed by atoms with Gasteiger partial charge in [0.05, 0.1) is 0 Å². The molecular formula is C19H37N. The molecule has 0 aromatic heterocycles. The molecule has 20 heavy (non-hydrogen) atoms. The van der Waals surface area contributed by atoms with Crippen LogP contribution in [0.2, 0.25) is 0 Å². The summed E-state index contributed by atoms with van der Waals surface area (Å²) in [5.74, 6) is 1.50. The van der Waals surface area contributed by atoms with Crippen molar-refractivity contribution in [1.29, 1.82) is 0 Å². The van der Waals surface area contributed by atoms with E-state index in [1.165, 1.54) is 38.5 Å². The first-order valence-electron chi connectivity index (χ1n) is 8.82. The first-order valence-corrected chi connectivity index (χ1v) is 8.82. The summed E-state index contributed by atoms with van der Waals surface area (Å²) in [5, 5.41) is 0. The number of hydrogen-bond acceptors (Lipinski definition) is 1. The van der Waals surface area contributed by atoms with E-state index in [0.29, 0.717) is 16.7 Å². The van der Waals surface area contributed by atoms with Crippen molar-refractivity contribution >= 4 is 0 Å². The largest absolute Gasteiger partial charge is 0.324 e. The van der Waals surface area contributed by atoms with Gasteiger partial charge in [-0.2, -0.15) is 0 Å². The molecule has 0 radical (unpaired) electrons. The maximum Gasteiger partial charge on any atom is 0.0291 e. The molecule has 2 aliphatic carbocycles. The van der Waals surface area contributed by atoms with Crippen LogP contribution in [0, 0.1) is 28.1 Å². The van der Waals surface area contributed by atoms with E-state index in [2.05, 4.69) is 48.5 Å². The average Bonchev–Trinajstić information content (AvgIpc) is 2.69. The van der Waals surface area contributed by atoms with Gasteiger partial charge < -0.3 is 5.73 Å². The normalized spacial score (nSPS) is 48.0. The van der Waals surface area contributed by atoms with Gasteiger partial charge in [-0.25, -0.2) is 0 Å². The van der Waals surface area contributed by atoms with Gasteiger partial charge in [-0.15, -0.1) is 0 Å². The van der Waals surface area contributed by atoms with E-state index in [1.54, 1.807) is 0 Å². The lowest BCUT2D eigenvalue weighted by atomic mass is 9.46. The predicted molar refractivity (Wildman–Crippen MR) is 88.6 cm³/mol. The van der Waals surface area contributed by atoms with Crippen LogP contribution in [0.1, 0.15) is 87.0 Å². The van der Waals surface area contributed by atoms with Crippen molar-refractivity contribution in [3.8, 4) is 0 Å². The van der Waals surface area contributed by atoms with E-state index >= 15 is 0 Å². The molecule has 0 amide bonds. The monoisotopic (exact) mass is 279 g/mol. The van der Waals surface area contributed by atoms with Crippen molar-refractivity contribution in [2.75, 3.05) is 0 Å². The Morgan fingerprint density at radius 1 is 1.10 bits per heavy atom. The quantitative estimate of drug-likeness (QED) is 0.687. The molecule has 5 atom stereocenters. The zero-order valence-corrected chi connectivity index (χ0v) is 15.0. The second kappa shape index (κ2) is 4.73. The Labute approximate surface area is 127 Å². The van der Waals surface area contributed by atoms with Crippen LogP contribution in [0.15, 0.2) is 0 Å². The van der Waals surface area contributed by atoms with E-state index < -0.39 is 0 Å². The number of hydrogen-bond donors (Lipinski definition) is 1. The number of fused-ring (bicyclic) bond motifs is 2. The number of rotatable bonds is 4. The Morgan fingerprint density at radius 3 is 2.15 bits per heavy atom. The number of nitrogens with two attached hydrogens (primary N) is 1. The van der Waals surface area contributed by atoms with Crippen LogP contribution in [0.25, 0.3) is 0 Å².